The highest BCUT2D eigenvalue weighted by Crippen LogP contribution is 2.22. The predicted octanol–water partition coefficient (Wildman–Crippen LogP) is 2.32. The highest BCUT2D eigenvalue weighted by molar-refractivity contribution is 4.85. The van der Waals surface area contributed by atoms with E-state index >= 15 is 0 Å². The first-order valence-electron chi connectivity index (χ1n) is 8.54. The zero-order valence-electron chi connectivity index (χ0n) is 13.0. The second-order valence-corrected chi connectivity index (χ2v) is 6.26. The fourth-order valence-electron chi connectivity index (χ4n) is 3.82. The van der Waals surface area contributed by atoms with Crippen LogP contribution in [-0.2, 0) is 0 Å². The summed E-state index contributed by atoms with van der Waals surface area (Å²) in [4.78, 5) is 5.48. The minimum absolute atomic E-state index is 0.798. The maximum absolute atomic E-state index is 3.60. The maximum atomic E-state index is 3.60. The molecule has 19 heavy (non-hydrogen) atoms. The average Bonchev–Trinajstić information content (AvgIpc) is 2.71. The Morgan fingerprint density at radius 2 is 1.89 bits per heavy atom. The predicted molar refractivity (Wildman–Crippen MR) is 82.6 cm³/mol. The molecule has 112 valence electrons. The van der Waals surface area contributed by atoms with Crippen LogP contribution in [0.15, 0.2) is 0 Å². The molecule has 0 aromatic carbocycles. The minimum atomic E-state index is 0.798. The quantitative estimate of drug-likeness (QED) is 0.825. The first kappa shape index (κ1) is 15.3. The maximum Gasteiger partial charge on any atom is 0.0224 e. The second-order valence-electron chi connectivity index (χ2n) is 6.26. The lowest BCUT2D eigenvalue weighted by molar-refractivity contribution is 0.101. The smallest absolute Gasteiger partial charge is 0.0224 e. The van der Waals surface area contributed by atoms with Crippen molar-refractivity contribution in [3.63, 3.8) is 0 Å². The third kappa shape index (κ3) is 4.44. The van der Waals surface area contributed by atoms with E-state index in [1.807, 2.05) is 0 Å². The molecule has 3 heteroatoms. The Morgan fingerprint density at radius 1 is 1.05 bits per heavy atom. The van der Waals surface area contributed by atoms with Gasteiger partial charge in [-0.25, -0.2) is 0 Å². The van der Waals surface area contributed by atoms with Crippen LogP contribution in [0.2, 0.25) is 0 Å². The van der Waals surface area contributed by atoms with Crippen LogP contribution in [0.4, 0.5) is 0 Å². The van der Waals surface area contributed by atoms with E-state index in [9.17, 15) is 0 Å². The Hall–Kier alpha value is -0.120. The van der Waals surface area contributed by atoms with E-state index in [1.165, 1.54) is 77.8 Å². The van der Waals surface area contributed by atoms with Crippen molar-refractivity contribution in [3.05, 3.63) is 0 Å². The third-order valence-electron chi connectivity index (χ3n) is 4.93. The lowest BCUT2D eigenvalue weighted by Crippen LogP contribution is -2.51. The summed E-state index contributed by atoms with van der Waals surface area (Å²) in [5.74, 6) is 0. The van der Waals surface area contributed by atoms with Gasteiger partial charge in [0.2, 0.25) is 0 Å². The molecule has 2 atom stereocenters. The van der Waals surface area contributed by atoms with Gasteiger partial charge < -0.3 is 10.2 Å². The lowest BCUT2D eigenvalue weighted by atomic mass is 9.99. The molecular weight excluding hydrogens is 234 g/mol. The molecule has 2 aliphatic heterocycles. The Bertz CT molecular complexity index is 238. The number of hydrogen-bond acceptors (Lipinski definition) is 3. The summed E-state index contributed by atoms with van der Waals surface area (Å²) in [5.41, 5.74) is 0. The van der Waals surface area contributed by atoms with Crippen LogP contribution in [-0.4, -0.2) is 61.2 Å². The zero-order valence-corrected chi connectivity index (χ0v) is 13.0. The lowest BCUT2D eigenvalue weighted by Gasteiger charge is -2.40. The van der Waals surface area contributed by atoms with Crippen LogP contribution < -0.4 is 5.32 Å². The number of nitrogens with zero attached hydrogens (tertiary/aromatic N) is 2. The van der Waals surface area contributed by atoms with Crippen molar-refractivity contribution in [2.24, 2.45) is 0 Å². The Morgan fingerprint density at radius 3 is 2.58 bits per heavy atom. The molecule has 0 amide bonds. The zero-order chi connectivity index (χ0) is 13.5. The van der Waals surface area contributed by atoms with Crippen molar-refractivity contribution >= 4 is 0 Å². The molecule has 2 heterocycles. The summed E-state index contributed by atoms with van der Waals surface area (Å²) in [7, 11) is 0. The summed E-state index contributed by atoms with van der Waals surface area (Å²) in [6, 6.07) is 1.63. The number of rotatable bonds is 5. The first-order chi connectivity index (χ1) is 9.35. The average molecular weight is 267 g/mol. The van der Waals surface area contributed by atoms with Gasteiger partial charge in [0.1, 0.15) is 0 Å². The van der Waals surface area contributed by atoms with Gasteiger partial charge in [-0.15, -0.1) is 0 Å². The number of nitrogens with one attached hydrogen (secondary N) is 1. The monoisotopic (exact) mass is 267 g/mol. The molecule has 3 nitrogen and oxygen atoms in total. The Kier molecular flexibility index (Phi) is 6.62. The van der Waals surface area contributed by atoms with E-state index < -0.39 is 0 Å². The molecule has 2 saturated heterocycles. The molecule has 0 bridgehead atoms. The van der Waals surface area contributed by atoms with Gasteiger partial charge in [0.15, 0.2) is 0 Å². The second kappa shape index (κ2) is 8.23. The first-order valence-corrected chi connectivity index (χ1v) is 8.54. The fourth-order valence-corrected chi connectivity index (χ4v) is 3.82. The van der Waals surface area contributed by atoms with Gasteiger partial charge in [0.25, 0.3) is 0 Å². The summed E-state index contributed by atoms with van der Waals surface area (Å²) in [5, 5.41) is 3.60. The van der Waals surface area contributed by atoms with Gasteiger partial charge in [-0.05, 0) is 71.2 Å². The molecule has 2 fully saturated rings. The summed E-state index contributed by atoms with van der Waals surface area (Å²) < 4.78 is 0. The Balaban J connectivity index is 1.93. The molecule has 2 aliphatic rings. The molecule has 0 aromatic rings. The van der Waals surface area contributed by atoms with E-state index in [1.54, 1.807) is 0 Å². The fraction of sp³-hybridized carbons (Fsp3) is 1.00. The van der Waals surface area contributed by atoms with Crippen LogP contribution >= 0.6 is 0 Å². The summed E-state index contributed by atoms with van der Waals surface area (Å²) >= 11 is 0. The molecule has 0 aliphatic carbocycles. The summed E-state index contributed by atoms with van der Waals surface area (Å²) in [6.07, 6.45) is 8.24. The van der Waals surface area contributed by atoms with Gasteiger partial charge in [-0.2, -0.15) is 0 Å². The van der Waals surface area contributed by atoms with Crippen LogP contribution in [0, 0.1) is 0 Å². The number of hydrogen-bond donors (Lipinski definition) is 1. The number of piperidine rings is 1. The van der Waals surface area contributed by atoms with E-state index in [0.717, 1.165) is 12.1 Å². The van der Waals surface area contributed by atoms with E-state index in [-0.39, 0.29) is 0 Å². The molecule has 0 spiro atoms. The molecule has 2 rings (SSSR count). The Labute approximate surface area is 119 Å². The van der Waals surface area contributed by atoms with Crippen molar-refractivity contribution in [2.45, 2.75) is 64.5 Å². The largest absolute Gasteiger partial charge is 0.315 e. The highest BCUT2D eigenvalue weighted by atomic mass is 15.2. The summed E-state index contributed by atoms with van der Waals surface area (Å²) in [6.45, 7) is 12.2. The van der Waals surface area contributed by atoms with Gasteiger partial charge in [-0.1, -0.05) is 13.8 Å². The highest BCUT2D eigenvalue weighted by Gasteiger charge is 2.28. The molecule has 0 saturated carbocycles. The standard InChI is InChI=1S/C16H33N3/c1-3-11-19(16-7-5-10-17-14-16)15-8-6-12-18(4-2)13-9-15/h15-17H,3-14H2,1-2H3. The minimum Gasteiger partial charge on any atom is -0.315 e. The molecule has 0 aromatic heterocycles. The van der Waals surface area contributed by atoms with Crippen molar-refractivity contribution in [1.82, 2.24) is 15.1 Å². The van der Waals surface area contributed by atoms with Crippen molar-refractivity contribution in [2.75, 3.05) is 39.3 Å². The van der Waals surface area contributed by atoms with Crippen LogP contribution in [0.3, 0.4) is 0 Å². The normalized spacial score (nSPS) is 30.5. The van der Waals surface area contributed by atoms with Crippen LogP contribution in [0.1, 0.15) is 52.4 Å². The molecule has 0 radical (unpaired) electrons. The molecule has 2 unspecified atom stereocenters. The molecular formula is C16H33N3. The van der Waals surface area contributed by atoms with Crippen molar-refractivity contribution in [3.8, 4) is 0 Å². The van der Waals surface area contributed by atoms with E-state index in [0.29, 0.717) is 0 Å². The van der Waals surface area contributed by atoms with Crippen LogP contribution in [0.5, 0.6) is 0 Å². The molecule has 1 N–H and O–H groups in total. The van der Waals surface area contributed by atoms with Gasteiger partial charge in [0.05, 0.1) is 0 Å². The van der Waals surface area contributed by atoms with Crippen molar-refractivity contribution in [1.29, 1.82) is 0 Å². The van der Waals surface area contributed by atoms with E-state index in [4.69, 9.17) is 0 Å². The van der Waals surface area contributed by atoms with Gasteiger partial charge in [-0.3, -0.25) is 4.90 Å². The van der Waals surface area contributed by atoms with Gasteiger partial charge >= 0.3 is 0 Å². The SMILES string of the molecule is CCCN(C1CCCN(CC)CC1)C1CCCNC1. The third-order valence-corrected chi connectivity index (χ3v) is 4.93. The number of likely N-dealkylation sites (tertiary alicyclic amines) is 1. The van der Waals surface area contributed by atoms with Gasteiger partial charge in [0, 0.05) is 18.6 Å². The topological polar surface area (TPSA) is 18.5 Å². The van der Waals surface area contributed by atoms with Crippen LogP contribution in [0.25, 0.3) is 0 Å². The van der Waals surface area contributed by atoms with E-state index in [2.05, 4.69) is 29.0 Å². The van der Waals surface area contributed by atoms with Crippen molar-refractivity contribution < 1.29 is 0 Å².